The molecule has 0 bridgehead atoms. The molecule has 0 aromatic heterocycles. The predicted molar refractivity (Wildman–Crippen MR) is 49.6 cm³/mol. The van der Waals surface area contributed by atoms with E-state index in [1.165, 1.54) is 0 Å². The number of nitrogens with zero attached hydrogens (tertiary/aromatic N) is 2. The van der Waals surface area contributed by atoms with Gasteiger partial charge in [-0.05, 0) is 13.3 Å². The molecule has 0 saturated heterocycles. The molecule has 0 aromatic rings. The van der Waals surface area contributed by atoms with Gasteiger partial charge in [0.1, 0.15) is 0 Å². The normalized spacial score (nSPS) is 16.2. The fourth-order valence-electron chi connectivity index (χ4n) is 1.28. The van der Waals surface area contributed by atoms with Crippen molar-refractivity contribution in [2.24, 2.45) is 0 Å². The SMILES string of the molecule is CCN1C=CN(CCCOC)C1. The van der Waals surface area contributed by atoms with E-state index in [0.29, 0.717) is 0 Å². The lowest BCUT2D eigenvalue weighted by Gasteiger charge is -2.19. The highest BCUT2D eigenvalue weighted by molar-refractivity contribution is 4.89. The van der Waals surface area contributed by atoms with E-state index in [2.05, 4.69) is 29.1 Å². The number of rotatable bonds is 5. The molecule has 0 saturated carbocycles. The van der Waals surface area contributed by atoms with E-state index in [9.17, 15) is 0 Å². The quantitative estimate of drug-likeness (QED) is 0.574. The van der Waals surface area contributed by atoms with Crippen LogP contribution in [0.5, 0.6) is 0 Å². The Kier molecular flexibility index (Phi) is 3.94. The topological polar surface area (TPSA) is 15.7 Å². The van der Waals surface area contributed by atoms with E-state index in [4.69, 9.17) is 4.74 Å². The third-order valence-electron chi connectivity index (χ3n) is 2.05. The molecule has 0 N–H and O–H groups in total. The maximum absolute atomic E-state index is 4.99. The lowest BCUT2D eigenvalue weighted by atomic mass is 10.4. The molecular formula is C9H18N2O. The largest absolute Gasteiger partial charge is 0.385 e. The Morgan fingerprint density at radius 2 is 2.08 bits per heavy atom. The van der Waals surface area contributed by atoms with Crippen molar-refractivity contribution in [3.8, 4) is 0 Å². The van der Waals surface area contributed by atoms with E-state index < -0.39 is 0 Å². The van der Waals surface area contributed by atoms with Crippen LogP contribution in [0.15, 0.2) is 12.4 Å². The van der Waals surface area contributed by atoms with Crippen molar-refractivity contribution < 1.29 is 4.74 Å². The second kappa shape index (κ2) is 5.04. The Hall–Kier alpha value is -0.700. The van der Waals surface area contributed by atoms with Gasteiger partial charge in [-0.1, -0.05) is 0 Å². The van der Waals surface area contributed by atoms with Crippen molar-refractivity contribution in [1.82, 2.24) is 9.80 Å². The summed E-state index contributed by atoms with van der Waals surface area (Å²) in [5.41, 5.74) is 0. The van der Waals surface area contributed by atoms with Gasteiger partial charge < -0.3 is 14.5 Å². The molecule has 1 rings (SSSR count). The first kappa shape index (κ1) is 9.39. The summed E-state index contributed by atoms with van der Waals surface area (Å²) in [6.07, 6.45) is 5.41. The highest BCUT2D eigenvalue weighted by atomic mass is 16.5. The van der Waals surface area contributed by atoms with Gasteiger partial charge in [0.25, 0.3) is 0 Å². The van der Waals surface area contributed by atoms with Gasteiger partial charge in [0, 0.05) is 39.2 Å². The Labute approximate surface area is 74.6 Å². The number of hydrogen-bond donors (Lipinski definition) is 0. The van der Waals surface area contributed by atoms with Crippen LogP contribution >= 0.6 is 0 Å². The maximum Gasteiger partial charge on any atom is 0.0893 e. The molecule has 0 unspecified atom stereocenters. The number of methoxy groups -OCH3 is 1. The van der Waals surface area contributed by atoms with Crippen LogP contribution in [0.3, 0.4) is 0 Å². The highest BCUT2D eigenvalue weighted by Gasteiger charge is 2.08. The summed E-state index contributed by atoms with van der Waals surface area (Å²) in [7, 11) is 1.75. The van der Waals surface area contributed by atoms with Crippen LogP contribution in [-0.2, 0) is 4.74 Å². The molecule has 0 fully saturated rings. The first-order valence-corrected chi connectivity index (χ1v) is 4.52. The Morgan fingerprint density at radius 1 is 1.33 bits per heavy atom. The second-order valence-electron chi connectivity index (χ2n) is 3.00. The van der Waals surface area contributed by atoms with Crippen molar-refractivity contribution >= 4 is 0 Å². The molecular weight excluding hydrogens is 152 g/mol. The third kappa shape index (κ3) is 2.74. The Morgan fingerprint density at radius 3 is 2.67 bits per heavy atom. The van der Waals surface area contributed by atoms with Crippen molar-refractivity contribution in [3.05, 3.63) is 12.4 Å². The van der Waals surface area contributed by atoms with Crippen LogP contribution in [0.1, 0.15) is 13.3 Å². The summed E-state index contributed by atoms with van der Waals surface area (Å²) in [6.45, 7) is 6.26. The van der Waals surface area contributed by atoms with Gasteiger partial charge in [-0.3, -0.25) is 0 Å². The van der Waals surface area contributed by atoms with Gasteiger partial charge in [-0.15, -0.1) is 0 Å². The Balaban J connectivity index is 2.08. The average Bonchev–Trinajstić information content (AvgIpc) is 2.53. The van der Waals surface area contributed by atoms with Crippen LogP contribution < -0.4 is 0 Å². The lowest BCUT2D eigenvalue weighted by Crippen LogP contribution is -2.26. The first-order valence-electron chi connectivity index (χ1n) is 4.52. The van der Waals surface area contributed by atoms with Gasteiger partial charge in [0.15, 0.2) is 0 Å². The molecule has 1 aliphatic rings. The molecule has 3 heteroatoms. The van der Waals surface area contributed by atoms with Crippen molar-refractivity contribution in [3.63, 3.8) is 0 Å². The molecule has 1 aliphatic heterocycles. The number of hydrogen-bond acceptors (Lipinski definition) is 3. The monoisotopic (exact) mass is 170 g/mol. The van der Waals surface area contributed by atoms with Crippen LogP contribution in [0, 0.1) is 0 Å². The smallest absolute Gasteiger partial charge is 0.0893 e. The number of ether oxygens (including phenoxy) is 1. The lowest BCUT2D eigenvalue weighted by molar-refractivity contribution is 0.177. The van der Waals surface area contributed by atoms with Gasteiger partial charge in [-0.25, -0.2) is 0 Å². The minimum absolute atomic E-state index is 0.858. The molecule has 0 amide bonds. The van der Waals surface area contributed by atoms with E-state index in [1.807, 2.05) is 0 Å². The van der Waals surface area contributed by atoms with Crippen molar-refractivity contribution in [2.75, 3.05) is 33.5 Å². The molecule has 0 atom stereocenters. The zero-order valence-electron chi connectivity index (χ0n) is 7.99. The van der Waals surface area contributed by atoms with Gasteiger partial charge in [0.05, 0.1) is 6.67 Å². The summed E-state index contributed by atoms with van der Waals surface area (Å²) < 4.78 is 4.99. The Bertz CT molecular complexity index is 147. The predicted octanol–water partition coefficient (Wildman–Crippen LogP) is 1.09. The standard InChI is InChI=1S/C9H18N2O/c1-3-10-6-7-11(9-10)5-4-8-12-2/h6-7H,3-5,8-9H2,1-2H3. The van der Waals surface area contributed by atoms with Gasteiger partial charge in [-0.2, -0.15) is 0 Å². The zero-order valence-corrected chi connectivity index (χ0v) is 7.99. The minimum Gasteiger partial charge on any atom is -0.385 e. The van der Waals surface area contributed by atoms with E-state index in [1.54, 1.807) is 7.11 Å². The van der Waals surface area contributed by atoms with E-state index in [-0.39, 0.29) is 0 Å². The summed E-state index contributed by atoms with van der Waals surface area (Å²) in [5, 5.41) is 0. The fraction of sp³-hybridized carbons (Fsp3) is 0.778. The zero-order chi connectivity index (χ0) is 8.81. The average molecular weight is 170 g/mol. The summed E-state index contributed by atoms with van der Waals surface area (Å²) in [5.74, 6) is 0. The van der Waals surface area contributed by atoms with Gasteiger partial charge in [0.2, 0.25) is 0 Å². The molecule has 0 aromatic carbocycles. The second-order valence-corrected chi connectivity index (χ2v) is 3.00. The van der Waals surface area contributed by atoms with Crippen LogP contribution in [0.4, 0.5) is 0 Å². The van der Waals surface area contributed by atoms with Crippen molar-refractivity contribution in [2.45, 2.75) is 13.3 Å². The molecule has 3 nitrogen and oxygen atoms in total. The van der Waals surface area contributed by atoms with E-state index >= 15 is 0 Å². The highest BCUT2D eigenvalue weighted by Crippen LogP contribution is 2.05. The fourth-order valence-corrected chi connectivity index (χ4v) is 1.28. The van der Waals surface area contributed by atoms with Crippen LogP contribution in [-0.4, -0.2) is 43.3 Å². The molecule has 0 spiro atoms. The first-order chi connectivity index (χ1) is 5.86. The third-order valence-corrected chi connectivity index (χ3v) is 2.05. The molecule has 1 heterocycles. The summed E-state index contributed by atoms with van der Waals surface area (Å²) >= 11 is 0. The van der Waals surface area contributed by atoms with E-state index in [0.717, 1.165) is 32.8 Å². The summed E-state index contributed by atoms with van der Waals surface area (Å²) in [4.78, 5) is 4.59. The molecule has 70 valence electrons. The van der Waals surface area contributed by atoms with Crippen LogP contribution in [0.2, 0.25) is 0 Å². The summed E-state index contributed by atoms with van der Waals surface area (Å²) in [6, 6.07) is 0. The van der Waals surface area contributed by atoms with Crippen molar-refractivity contribution in [1.29, 1.82) is 0 Å². The minimum atomic E-state index is 0.858. The molecule has 0 radical (unpaired) electrons. The van der Waals surface area contributed by atoms with Gasteiger partial charge >= 0.3 is 0 Å². The maximum atomic E-state index is 4.99. The van der Waals surface area contributed by atoms with Crippen LogP contribution in [0.25, 0.3) is 0 Å². The molecule has 12 heavy (non-hydrogen) atoms. The molecule has 0 aliphatic carbocycles.